The first-order chi connectivity index (χ1) is 10.2. The molecule has 0 saturated carbocycles. The molecule has 1 atom stereocenters. The second-order valence-electron chi connectivity index (χ2n) is 4.93. The number of nitrogens with zero attached hydrogens (tertiary/aromatic N) is 2. The molecule has 0 spiro atoms. The third-order valence-electron chi connectivity index (χ3n) is 3.35. The van der Waals surface area contributed by atoms with Gasteiger partial charge in [0.2, 0.25) is 0 Å². The summed E-state index contributed by atoms with van der Waals surface area (Å²) < 4.78 is 1.98. The number of aryl methyl sites for hydroxylation is 2. The number of aromatic nitrogens is 2. The maximum absolute atomic E-state index is 6.32. The Morgan fingerprint density at radius 3 is 2.62 bits per heavy atom. The molecule has 1 aromatic heterocycles. The van der Waals surface area contributed by atoms with Crippen molar-refractivity contribution in [2.24, 2.45) is 0 Å². The number of halogens is 1. The van der Waals surface area contributed by atoms with Crippen LogP contribution < -0.4 is 5.32 Å². The summed E-state index contributed by atoms with van der Waals surface area (Å²) >= 11 is 8.17. The Morgan fingerprint density at radius 1 is 1.29 bits per heavy atom. The van der Waals surface area contributed by atoms with E-state index in [4.69, 9.17) is 11.6 Å². The minimum Gasteiger partial charge on any atom is -0.308 e. The normalized spacial score (nSPS) is 12.6. The summed E-state index contributed by atoms with van der Waals surface area (Å²) in [7, 11) is 0. The van der Waals surface area contributed by atoms with Crippen LogP contribution in [0.2, 0.25) is 5.02 Å². The number of nitrogens with one attached hydrogen (secondary N) is 1. The fourth-order valence-electron chi connectivity index (χ4n) is 2.27. The van der Waals surface area contributed by atoms with Crippen LogP contribution in [-0.2, 0) is 6.54 Å². The number of benzene rings is 1. The Labute approximate surface area is 136 Å². The predicted octanol–water partition coefficient (Wildman–Crippen LogP) is 4.31. The zero-order chi connectivity index (χ0) is 15.2. The van der Waals surface area contributed by atoms with E-state index in [2.05, 4.69) is 55.5 Å². The Kier molecular flexibility index (Phi) is 6.15. The van der Waals surface area contributed by atoms with Crippen molar-refractivity contribution in [3.8, 4) is 0 Å². The van der Waals surface area contributed by atoms with Crippen LogP contribution in [0.4, 0.5) is 0 Å². The van der Waals surface area contributed by atoms with Gasteiger partial charge in [0.15, 0.2) is 0 Å². The van der Waals surface area contributed by atoms with Crippen LogP contribution in [0, 0.1) is 6.92 Å². The van der Waals surface area contributed by atoms with E-state index < -0.39 is 0 Å². The van der Waals surface area contributed by atoms with Crippen molar-refractivity contribution < 1.29 is 0 Å². The van der Waals surface area contributed by atoms with Gasteiger partial charge in [-0.2, -0.15) is 5.10 Å². The van der Waals surface area contributed by atoms with Gasteiger partial charge in [0.05, 0.1) is 23.0 Å². The highest BCUT2D eigenvalue weighted by Crippen LogP contribution is 2.29. The minimum atomic E-state index is 0.205. The maximum Gasteiger partial charge on any atom is 0.0834 e. The molecule has 1 heterocycles. The fraction of sp³-hybridized carbons (Fsp3) is 0.438. The molecular weight excluding hydrogens is 302 g/mol. The Balaban J connectivity index is 2.11. The molecule has 2 aromatic rings. The summed E-state index contributed by atoms with van der Waals surface area (Å²) in [5.41, 5.74) is 2.37. The zero-order valence-electron chi connectivity index (χ0n) is 12.8. The van der Waals surface area contributed by atoms with Gasteiger partial charge in [-0.3, -0.25) is 4.68 Å². The van der Waals surface area contributed by atoms with E-state index in [9.17, 15) is 0 Å². The molecule has 1 unspecified atom stereocenters. The third-order valence-corrected chi connectivity index (χ3v) is 4.75. The summed E-state index contributed by atoms with van der Waals surface area (Å²) in [6.07, 6.45) is 1.74. The smallest absolute Gasteiger partial charge is 0.0834 e. The van der Waals surface area contributed by atoms with E-state index in [0.717, 1.165) is 29.6 Å². The molecule has 5 heteroatoms. The van der Waals surface area contributed by atoms with Crippen LogP contribution >= 0.6 is 23.4 Å². The fourth-order valence-corrected chi connectivity index (χ4v) is 3.50. The molecular formula is C16H22ClN3S. The second kappa shape index (κ2) is 7.87. The Hall–Kier alpha value is -0.970. The monoisotopic (exact) mass is 323 g/mol. The summed E-state index contributed by atoms with van der Waals surface area (Å²) in [4.78, 5) is 1.28. The van der Waals surface area contributed by atoms with E-state index in [-0.39, 0.29) is 6.04 Å². The van der Waals surface area contributed by atoms with Crippen LogP contribution in [0.5, 0.6) is 0 Å². The highest BCUT2D eigenvalue weighted by Gasteiger charge is 2.19. The Morgan fingerprint density at radius 2 is 2.00 bits per heavy atom. The lowest BCUT2D eigenvalue weighted by atomic mass is 10.2. The highest BCUT2D eigenvalue weighted by molar-refractivity contribution is 7.99. The van der Waals surface area contributed by atoms with Gasteiger partial charge in [-0.1, -0.05) is 36.2 Å². The average Bonchev–Trinajstić information content (AvgIpc) is 2.86. The number of hydrogen-bond acceptors (Lipinski definition) is 3. The van der Waals surface area contributed by atoms with Gasteiger partial charge in [0.25, 0.3) is 0 Å². The first-order valence-electron chi connectivity index (χ1n) is 7.29. The van der Waals surface area contributed by atoms with Crippen LogP contribution in [0.15, 0.2) is 35.4 Å². The first-order valence-corrected chi connectivity index (χ1v) is 8.66. The van der Waals surface area contributed by atoms with E-state index >= 15 is 0 Å². The lowest BCUT2D eigenvalue weighted by molar-refractivity contribution is 0.527. The molecule has 114 valence electrons. The van der Waals surface area contributed by atoms with E-state index in [1.165, 1.54) is 10.5 Å². The SMILES string of the molecule is CCNC(CSc1ccc(C)cc1)c1c(Cl)cnn1CC. The molecule has 0 bridgehead atoms. The number of rotatable bonds is 7. The quantitative estimate of drug-likeness (QED) is 0.770. The highest BCUT2D eigenvalue weighted by atomic mass is 35.5. The molecule has 0 aliphatic heterocycles. The standard InChI is InChI=1S/C16H22ClN3S/c1-4-18-15(16-14(17)10-19-20(16)5-2)11-21-13-8-6-12(3)7-9-13/h6-10,15,18H,4-5,11H2,1-3H3. The largest absolute Gasteiger partial charge is 0.308 e. The number of thioether (sulfide) groups is 1. The van der Waals surface area contributed by atoms with Crippen LogP contribution in [0.25, 0.3) is 0 Å². The minimum absolute atomic E-state index is 0.205. The summed E-state index contributed by atoms with van der Waals surface area (Å²) in [5.74, 6) is 0.933. The summed E-state index contributed by atoms with van der Waals surface area (Å²) in [6.45, 7) is 8.05. The molecule has 0 saturated heterocycles. The van der Waals surface area contributed by atoms with Crippen LogP contribution in [0.1, 0.15) is 31.1 Å². The molecule has 1 N–H and O–H groups in total. The maximum atomic E-state index is 6.32. The predicted molar refractivity (Wildman–Crippen MR) is 91.2 cm³/mol. The molecule has 0 radical (unpaired) electrons. The average molecular weight is 324 g/mol. The van der Waals surface area contributed by atoms with E-state index in [0.29, 0.717) is 0 Å². The van der Waals surface area contributed by atoms with Gasteiger partial charge >= 0.3 is 0 Å². The van der Waals surface area contributed by atoms with Crippen molar-refractivity contribution in [1.82, 2.24) is 15.1 Å². The zero-order valence-corrected chi connectivity index (χ0v) is 14.3. The molecule has 1 aromatic carbocycles. The third kappa shape index (κ3) is 4.25. The van der Waals surface area contributed by atoms with Gasteiger partial charge in [0.1, 0.15) is 0 Å². The van der Waals surface area contributed by atoms with Crippen molar-refractivity contribution >= 4 is 23.4 Å². The molecule has 0 aliphatic carbocycles. The molecule has 3 nitrogen and oxygen atoms in total. The van der Waals surface area contributed by atoms with Crippen molar-refractivity contribution in [1.29, 1.82) is 0 Å². The molecule has 0 fully saturated rings. The summed E-state index contributed by atoms with van der Waals surface area (Å²) in [5, 5.41) is 8.60. The van der Waals surface area contributed by atoms with Crippen LogP contribution in [0.3, 0.4) is 0 Å². The Bertz CT molecular complexity index is 565. The van der Waals surface area contributed by atoms with E-state index in [1.54, 1.807) is 6.20 Å². The molecule has 0 aliphatic rings. The van der Waals surface area contributed by atoms with Gasteiger partial charge in [-0.05, 0) is 32.5 Å². The van der Waals surface area contributed by atoms with Gasteiger partial charge in [-0.15, -0.1) is 11.8 Å². The lowest BCUT2D eigenvalue weighted by Gasteiger charge is -2.19. The van der Waals surface area contributed by atoms with Crippen molar-refractivity contribution in [3.05, 3.63) is 46.7 Å². The molecule has 21 heavy (non-hydrogen) atoms. The number of hydrogen-bond donors (Lipinski definition) is 1. The molecule has 0 amide bonds. The van der Waals surface area contributed by atoms with Crippen molar-refractivity contribution in [2.45, 2.75) is 38.3 Å². The van der Waals surface area contributed by atoms with Gasteiger partial charge < -0.3 is 5.32 Å². The van der Waals surface area contributed by atoms with Crippen LogP contribution in [-0.4, -0.2) is 22.1 Å². The first kappa shape index (κ1) is 16.4. The second-order valence-corrected chi connectivity index (χ2v) is 6.43. The molecule has 2 rings (SSSR count). The van der Waals surface area contributed by atoms with Crippen molar-refractivity contribution in [2.75, 3.05) is 12.3 Å². The summed E-state index contributed by atoms with van der Waals surface area (Å²) in [6, 6.07) is 8.84. The van der Waals surface area contributed by atoms with E-state index in [1.807, 2.05) is 16.4 Å². The topological polar surface area (TPSA) is 29.9 Å². The van der Waals surface area contributed by atoms with Gasteiger partial charge in [0, 0.05) is 17.2 Å². The van der Waals surface area contributed by atoms with Crippen molar-refractivity contribution in [3.63, 3.8) is 0 Å². The lowest BCUT2D eigenvalue weighted by Crippen LogP contribution is -2.26. The van der Waals surface area contributed by atoms with Gasteiger partial charge in [-0.25, -0.2) is 0 Å².